The van der Waals surface area contributed by atoms with Crippen LogP contribution in [0.5, 0.6) is 5.75 Å². The number of aromatic nitrogens is 2. The highest BCUT2D eigenvalue weighted by Crippen LogP contribution is 2.56. The van der Waals surface area contributed by atoms with Gasteiger partial charge in [0.25, 0.3) is 5.91 Å². The molecule has 3 aromatic rings. The first-order valence-corrected chi connectivity index (χ1v) is 12.8. The zero-order chi connectivity index (χ0) is 24.9. The molecule has 2 saturated carbocycles. The summed E-state index contributed by atoms with van der Waals surface area (Å²) in [4.78, 5) is 17.9. The fourth-order valence-electron chi connectivity index (χ4n) is 4.93. The topological polar surface area (TPSA) is 68.2 Å². The lowest BCUT2D eigenvalue weighted by Gasteiger charge is -2.29. The zero-order valence-electron chi connectivity index (χ0n) is 20.1. The minimum Gasteiger partial charge on any atom is -0.490 e. The number of nitrogens with zero attached hydrogens (tertiary/aromatic N) is 2. The molecule has 0 aliphatic heterocycles. The number of anilines is 2. The highest BCUT2D eigenvalue weighted by atomic mass is 35.5. The molecule has 1 heterocycles. The van der Waals surface area contributed by atoms with E-state index in [1.54, 1.807) is 23.7 Å². The third-order valence-electron chi connectivity index (χ3n) is 7.21. The highest BCUT2D eigenvalue weighted by Gasteiger charge is 2.44. The van der Waals surface area contributed by atoms with E-state index in [4.69, 9.17) is 27.9 Å². The van der Waals surface area contributed by atoms with Gasteiger partial charge in [0.15, 0.2) is 5.82 Å². The Balaban J connectivity index is 1.46. The summed E-state index contributed by atoms with van der Waals surface area (Å²) < 4.78 is 22.4. The molecule has 6 nitrogen and oxygen atoms in total. The number of hydrogen-bond donors (Lipinski definition) is 2. The Hall–Kier alpha value is -2.51. The number of halogens is 3. The van der Waals surface area contributed by atoms with Gasteiger partial charge in [-0.15, -0.1) is 0 Å². The van der Waals surface area contributed by atoms with Gasteiger partial charge in [-0.2, -0.15) is 0 Å². The molecule has 0 atom stereocenters. The van der Waals surface area contributed by atoms with Crippen molar-refractivity contribution in [1.29, 1.82) is 0 Å². The standard InChI is InChI=1S/C26H29Cl2FN4O2/c1-14(2)35-21-13-20-19(12-16(21)24(34)30-15-6-8-26(9-7-15)10-11-26)31-25(33(20)3)32-23-18(28)5-4-17(27)22(23)29/h4-5,12-15H,6-11H2,1-3H3,(H,30,34)(H,31,32). The van der Waals surface area contributed by atoms with Crippen LogP contribution >= 0.6 is 23.2 Å². The highest BCUT2D eigenvalue weighted by molar-refractivity contribution is 6.35. The summed E-state index contributed by atoms with van der Waals surface area (Å²) in [6.45, 7) is 3.84. The van der Waals surface area contributed by atoms with E-state index in [1.165, 1.54) is 37.8 Å². The van der Waals surface area contributed by atoms with Crippen molar-refractivity contribution in [3.05, 3.63) is 45.7 Å². The Morgan fingerprint density at radius 2 is 1.86 bits per heavy atom. The van der Waals surface area contributed by atoms with Gasteiger partial charge in [-0.3, -0.25) is 4.79 Å². The van der Waals surface area contributed by atoms with Gasteiger partial charge in [0.1, 0.15) is 5.75 Å². The second-order valence-corrected chi connectivity index (χ2v) is 10.9. The van der Waals surface area contributed by atoms with Crippen LogP contribution in [0.15, 0.2) is 24.3 Å². The summed E-state index contributed by atoms with van der Waals surface area (Å²) in [5.74, 6) is 0.0260. The summed E-state index contributed by atoms with van der Waals surface area (Å²) in [5, 5.41) is 6.30. The lowest BCUT2D eigenvalue weighted by Crippen LogP contribution is -2.38. The van der Waals surface area contributed by atoms with E-state index in [-0.39, 0.29) is 33.8 Å². The maximum atomic E-state index is 14.6. The van der Waals surface area contributed by atoms with E-state index in [1.807, 2.05) is 13.8 Å². The Morgan fingerprint density at radius 3 is 2.51 bits per heavy atom. The number of amides is 1. The van der Waals surface area contributed by atoms with Crippen LogP contribution in [-0.2, 0) is 7.05 Å². The summed E-state index contributed by atoms with van der Waals surface area (Å²) in [5.41, 5.74) is 2.35. The first-order valence-electron chi connectivity index (χ1n) is 12.0. The number of aryl methyl sites for hydroxylation is 1. The molecule has 0 unspecified atom stereocenters. The maximum Gasteiger partial charge on any atom is 0.255 e. The van der Waals surface area contributed by atoms with Gasteiger partial charge in [0.05, 0.1) is 38.4 Å². The maximum absolute atomic E-state index is 14.6. The molecular formula is C26H29Cl2FN4O2. The van der Waals surface area contributed by atoms with Gasteiger partial charge in [0, 0.05) is 19.2 Å². The van der Waals surface area contributed by atoms with Crippen LogP contribution in [-0.4, -0.2) is 27.6 Å². The van der Waals surface area contributed by atoms with Crippen LogP contribution in [0.3, 0.4) is 0 Å². The molecule has 2 fully saturated rings. The quantitative estimate of drug-likeness (QED) is 0.344. The van der Waals surface area contributed by atoms with Gasteiger partial charge >= 0.3 is 0 Å². The van der Waals surface area contributed by atoms with Crippen LogP contribution in [0.4, 0.5) is 16.0 Å². The number of imidazole rings is 1. The van der Waals surface area contributed by atoms with E-state index in [2.05, 4.69) is 15.6 Å². The minimum atomic E-state index is -0.657. The fraction of sp³-hybridized carbons (Fsp3) is 0.462. The van der Waals surface area contributed by atoms with Gasteiger partial charge in [-0.25, -0.2) is 9.37 Å². The molecule has 5 rings (SSSR count). The number of fused-ring (bicyclic) bond motifs is 1. The predicted molar refractivity (Wildman–Crippen MR) is 138 cm³/mol. The first-order chi connectivity index (χ1) is 16.7. The number of carbonyl (C=O) groups excluding carboxylic acids is 1. The molecule has 35 heavy (non-hydrogen) atoms. The molecule has 186 valence electrons. The van der Waals surface area contributed by atoms with Gasteiger partial charge in [-0.1, -0.05) is 23.2 Å². The van der Waals surface area contributed by atoms with Crippen LogP contribution in [0, 0.1) is 11.2 Å². The lowest BCUT2D eigenvalue weighted by molar-refractivity contribution is 0.0914. The van der Waals surface area contributed by atoms with E-state index >= 15 is 0 Å². The monoisotopic (exact) mass is 518 g/mol. The molecule has 2 aliphatic carbocycles. The minimum absolute atomic E-state index is 0.0416. The predicted octanol–water partition coefficient (Wildman–Crippen LogP) is 7.00. The van der Waals surface area contributed by atoms with Gasteiger partial charge in [0.2, 0.25) is 5.95 Å². The van der Waals surface area contributed by atoms with E-state index in [0.717, 1.165) is 18.4 Å². The second kappa shape index (κ2) is 9.17. The Kier molecular flexibility index (Phi) is 6.34. The normalized spacial score (nSPS) is 17.2. The van der Waals surface area contributed by atoms with Crippen molar-refractivity contribution >= 4 is 51.8 Å². The largest absolute Gasteiger partial charge is 0.490 e. The third-order valence-corrected chi connectivity index (χ3v) is 7.82. The van der Waals surface area contributed by atoms with Crippen LogP contribution in [0.2, 0.25) is 10.0 Å². The molecule has 2 N–H and O–H groups in total. The van der Waals surface area contributed by atoms with E-state index < -0.39 is 5.82 Å². The van der Waals surface area contributed by atoms with Crippen molar-refractivity contribution in [1.82, 2.24) is 14.9 Å². The molecule has 0 radical (unpaired) electrons. The summed E-state index contributed by atoms with van der Waals surface area (Å²) in [6, 6.07) is 6.62. The molecule has 0 saturated heterocycles. The van der Waals surface area contributed by atoms with Crippen molar-refractivity contribution < 1.29 is 13.9 Å². The Bertz CT molecular complexity index is 1290. The Labute approximate surface area is 214 Å². The lowest BCUT2D eigenvalue weighted by atomic mass is 9.83. The summed E-state index contributed by atoms with van der Waals surface area (Å²) in [6.07, 6.45) is 6.94. The number of hydrogen-bond acceptors (Lipinski definition) is 4. The summed E-state index contributed by atoms with van der Waals surface area (Å²) in [7, 11) is 1.79. The first kappa shape index (κ1) is 24.2. The van der Waals surface area contributed by atoms with Crippen LogP contribution < -0.4 is 15.4 Å². The van der Waals surface area contributed by atoms with Crippen molar-refractivity contribution in [2.45, 2.75) is 64.5 Å². The van der Waals surface area contributed by atoms with Gasteiger partial charge in [-0.05, 0) is 76.0 Å². The molecule has 0 bridgehead atoms. The van der Waals surface area contributed by atoms with E-state index in [9.17, 15) is 9.18 Å². The molecule has 1 amide bonds. The Morgan fingerprint density at radius 1 is 1.17 bits per heavy atom. The molecule has 9 heteroatoms. The molecule has 2 aromatic carbocycles. The number of nitrogens with one attached hydrogen (secondary N) is 2. The third kappa shape index (κ3) is 4.81. The molecule has 1 aromatic heterocycles. The molecule has 1 spiro atoms. The molecule has 2 aliphatic rings. The fourth-order valence-corrected chi connectivity index (χ4v) is 5.28. The van der Waals surface area contributed by atoms with Crippen molar-refractivity contribution in [2.75, 3.05) is 5.32 Å². The van der Waals surface area contributed by atoms with Crippen LogP contribution in [0.25, 0.3) is 11.0 Å². The summed E-state index contributed by atoms with van der Waals surface area (Å²) >= 11 is 12.1. The number of benzene rings is 2. The second-order valence-electron chi connectivity index (χ2n) is 10.1. The zero-order valence-corrected chi connectivity index (χ0v) is 21.6. The van der Waals surface area contributed by atoms with Crippen molar-refractivity contribution in [3.8, 4) is 5.75 Å². The van der Waals surface area contributed by atoms with Crippen LogP contribution in [0.1, 0.15) is 62.7 Å². The smallest absolute Gasteiger partial charge is 0.255 e. The average Bonchev–Trinajstić information content (AvgIpc) is 3.51. The van der Waals surface area contributed by atoms with Crippen molar-refractivity contribution in [3.63, 3.8) is 0 Å². The van der Waals surface area contributed by atoms with Gasteiger partial charge < -0.3 is 19.9 Å². The average molecular weight is 519 g/mol. The number of carbonyl (C=O) groups is 1. The van der Waals surface area contributed by atoms with E-state index in [0.29, 0.717) is 28.2 Å². The number of rotatable bonds is 6. The number of ether oxygens (including phenoxy) is 1. The SMILES string of the molecule is CC(C)Oc1cc2c(cc1C(=O)NC1CCC3(CC1)CC3)nc(Nc1c(Cl)ccc(Cl)c1F)n2C. The van der Waals surface area contributed by atoms with Crippen molar-refractivity contribution in [2.24, 2.45) is 12.5 Å². The molecular weight excluding hydrogens is 490 g/mol.